The SMILES string of the molecule is Cc1cc(C[NH+](C)C)c(O)c(C2(C)CCCCC2)c1. The second-order valence-corrected chi connectivity index (χ2v) is 6.83. The minimum Gasteiger partial charge on any atom is -0.507 e. The van der Waals surface area contributed by atoms with Crippen LogP contribution < -0.4 is 4.90 Å². The third kappa shape index (κ3) is 3.11. The highest BCUT2D eigenvalue weighted by Crippen LogP contribution is 2.43. The molecular formula is C17H28NO+. The van der Waals surface area contributed by atoms with E-state index in [0.29, 0.717) is 5.75 Å². The van der Waals surface area contributed by atoms with Gasteiger partial charge in [0.15, 0.2) is 0 Å². The molecule has 0 unspecified atom stereocenters. The van der Waals surface area contributed by atoms with Crippen molar-refractivity contribution in [2.24, 2.45) is 0 Å². The molecular weight excluding hydrogens is 234 g/mol. The molecule has 0 heterocycles. The maximum Gasteiger partial charge on any atom is 0.128 e. The largest absolute Gasteiger partial charge is 0.507 e. The summed E-state index contributed by atoms with van der Waals surface area (Å²) in [4.78, 5) is 1.35. The molecule has 1 saturated carbocycles. The fraction of sp³-hybridized carbons (Fsp3) is 0.647. The number of hydrogen-bond donors (Lipinski definition) is 2. The number of aryl methyl sites for hydroxylation is 1. The van der Waals surface area contributed by atoms with Crippen molar-refractivity contribution in [1.29, 1.82) is 0 Å². The van der Waals surface area contributed by atoms with E-state index in [1.165, 1.54) is 48.1 Å². The lowest BCUT2D eigenvalue weighted by Crippen LogP contribution is -3.04. The van der Waals surface area contributed by atoms with Crippen molar-refractivity contribution in [3.05, 3.63) is 28.8 Å². The van der Waals surface area contributed by atoms with Crippen LogP contribution >= 0.6 is 0 Å². The van der Waals surface area contributed by atoms with Crippen molar-refractivity contribution >= 4 is 0 Å². The van der Waals surface area contributed by atoms with Gasteiger partial charge in [-0.25, -0.2) is 0 Å². The van der Waals surface area contributed by atoms with Gasteiger partial charge >= 0.3 is 0 Å². The zero-order chi connectivity index (χ0) is 14.0. The topological polar surface area (TPSA) is 24.7 Å². The molecule has 0 saturated heterocycles. The summed E-state index contributed by atoms with van der Waals surface area (Å²) >= 11 is 0. The van der Waals surface area contributed by atoms with Gasteiger partial charge in [0, 0.05) is 11.1 Å². The van der Waals surface area contributed by atoms with E-state index in [0.717, 1.165) is 12.1 Å². The Hall–Kier alpha value is -1.02. The van der Waals surface area contributed by atoms with Crippen LogP contribution in [0.3, 0.4) is 0 Å². The number of phenolic OH excluding ortho intramolecular Hbond substituents is 1. The molecule has 0 aliphatic heterocycles. The molecule has 2 rings (SSSR count). The lowest BCUT2D eigenvalue weighted by Gasteiger charge is -2.35. The fourth-order valence-electron chi connectivity index (χ4n) is 3.43. The number of quaternary nitrogens is 1. The lowest BCUT2D eigenvalue weighted by atomic mass is 9.70. The van der Waals surface area contributed by atoms with Crippen LogP contribution in [0.15, 0.2) is 12.1 Å². The molecule has 0 amide bonds. The van der Waals surface area contributed by atoms with Gasteiger partial charge in [0.1, 0.15) is 12.3 Å². The summed E-state index contributed by atoms with van der Waals surface area (Å²) in [5, 5.41) is 10.7. The second kappa shape index (κ2) is 5.54. The highest BCUT2D eigenvalue weighted by Gasteiger charge is 2.32. The molecule has 1 aromatic rings. The predicted octanol–water partition coefficient (Wildman–Crippen LogP) is 2.57. The average molecular weight is 262 g/mol. The summed E-state index contributed by atoms with van der Waals surface area (Å²) in [5.74, 6) is 0.552. The Bertz CT molecular complexity index is 445. The van der Waals surface area contributed by atoms with Gasteiger partial charge in [-0.3, -0.25) is 0 Å². The zero-order valence-corrected chi connectivity index (χ0v) is 12.8. The molecule has 1 aliphatic rings. The van der Waals surface area contributed by atoms with Crippen molar-refractivity contribution in [1.82, 2.24) is 0 Å². The highest BCUT2D eigenvalue weighted by molar-refractivity contribution is 5.47. The first-order chi connectivity index (χ1) is 8.92. The molecule has 0 spiro atoms. The lowest BCUT2D eigenvalue weighted by molar-refractivity contribution is -0.872. The van der Waals surface area contributed by atoms with Crippen LogP contribution in [0.25, 0.3) is 0 Å². The van der Waals surface area contributed by atoms with E-state index >= 15 is 0 Å². The van der Waals surface area contributed by atoms with Gasteiger partial charge < -0.3 is 10.0 Å². The Morgan fingerprint density at radius 2 is 1.79 bits per heavy atom. The van der Waals surface area contributed by atoms with Crippen molar-refractivity contribution in [3.63, 3.8) is 0 Å². The standard InChI is InChI=1S/C17H27NO/c1-13-10-14(12-18(3)4)16(19)15(11-13)17(2)8-6-5-7-9-17/h10-11,19H,5-9,12H2,1-4H3/p+1. The molecule has 0 aromatic heterocycles. The molecule has 2 N–H and O–H groups in total. The maximum absolute atomic E-state index is 10.7. The first-order valence-corrected chi connectivity index (χ1v) is 7.54. The summed E-state index contributed by atoms with van der Waals surface area (Å²) in [5.41, 5.74) is 3.73. The highest BCUT2D eigenvalue weighted by atomic mass is 16.3. The Balaban J connectivity index is 2.41. The summed E-state index contributed by atoms with van der Waals surface area (Å²) in [6.45, 7) is 5.35. The van der Waals surface area contributed by atoms with Gasteiger partial charge in [-0.1, -0.05) is 37.8 Å². The Morgan fingerprint density at radius 1 is 1.16 bits per heavy atom. The Labute approximate surface area is 117 Å². The average Bonchev–Trinajstić information content (AvgIpc) is 2.33. The minimum atomic E-state index is 0.171. The summed E-state index contributed by atoms with van der Waals surface area (Å²) in [7, 11) is 4.26. The summed E-state index contributed by atoms with van der Waals surface area (Å²) in [6.07, 6.45) is 6.34. The minimum absolute atomic E-state index is 0.171. The number of aromatic hydroxyl groups is 1. The zero-order valence-electron chi connectivity index (χ0n) is 12.8. The normalized spacial score (nSPS) is 18.8. The van der Waals surface area contributed by atoms with E-state index in [1.807, 2.05) is 0 Å². The van der Waals surface area contributed by atoms with Crippen LogP contribution in [0, 0.1) is 6.92 Å². The monoisotopic (exact) mass is 262 g/mol. The van der Waals surface area contributed by atoms with Crippen molar-refractivity contribution in [3.8, 4) is 5.75 Å². The van der Waals surface area contributed by atoms with Crippen LogP contribution in [0.1, 0.15) is 55.7 Å². The third-order valence-electron chi connectivity index (χ3n) is 4.48. The molecule has 19 heavy (non-hydrogen) atoms. The van der Waals surface area contributed by atoms with Crippen LogP contribution in [0.5, 0.6) is 5.75 Å². The molecule has 2 nitrogen and oxygen atoms in total. The molecule has 2 heteroatoms. The number of nitrogens with one attached hydrogen (secondary N) is 1. The molecule has 0 radical (unpaired) electrons. The maximum atomic E-state index is 10.7. The van der Waals surface area contributed by atoms with Crippen LogP contribution in [-0.4, -0.2) is 19.2 Å². The number of rotatable bonds is 3. The van der Waals surface area contributed by atoms with Gasteiger partial charge in [0.25, 0.3) is 0 Å². The number of benzene rings is 1. The summed E-state index contributed by atoms with van der Waals surface area (Å²) < 4.78 is 0. The first kappa shape index (κ1) is 14.4. The predicted molar refractivity (Wildman–Crippen MR) is 79.8 cm³/mol. The van der Waals surface area contributed by atoms with E-state index < -0.39 is 0 Å². The van der Waals surface area contributed by atoms with Gasteiger partial charge in [0.2, 0.25) is 0 Å². The first-order valence-electron chi connectivity index (χ1n) is 7.54. The van der Waals surface area contributed by atoms with Crippen molar-refractivity contribution in [2.75, 3.05) is 14.1 Å². The second-order valence-electron chi connectivity index (χ2n) is 6.83. The number of hydrogen-bond acceptors (Lipinski definition) is 1. The van der Waals surface area contributed by atoms with Gasteiger partial charge in [-0.15, -0.1) is 0 Å². The van der Waals surface area contributed by atoms with Crippen LogP contribution in [0.2, 0.25) is 0 Å². The van der Waals surface area contributed by atoms with E-state index in [2.05, 4.69) is 40.1 Å². The van der Waals surface area contributed by atoms with Gasteiger partial charge in [-0.2, -0.15) is 0 Å². The summed E-state index contributed by atoms with van der Waals surface area (Å²) in [6, 6.07) is 4.34. The third-order valence-corrected chi connectivity index (χ3v) is 4.48. The van der Waals surface area contributed by atoms with E-state index in [9.17, 15) is 5.11 Å². The molecule has 0 atom stereocenters. The van der Waals surface area contributed by atoms with Crippen LogP contribution in [-0.2, 0) is 12.0 Å². The van der Waals surface area contributed by atoms with Gasteiger partial charge in [0.05, 0.1) is 14.1 Å². The van der Waals surface area contributed by atoms with Crippen molar-refractivity contribution < 1.29 is 10.0 Å². The molecule has 1 aliphatic carbocycles. The molecule has 0 bridgehead atoms. The Morgan fingerprint density at radius 3 is 2.37 bits per heavy atom. The van der Waals surface area contributed by atoms with Crippen LogP contribution in [0.4, 0.5) is 0 Å². The van der Waals surface area contributed by atoms with E-state index in [1.54, 1.807) is 0 Å². The molecule has 106 valence electrons. The van der Waals surface area contributed by atoms with Gasteiger partial charge in [-0.05, 0) is 31.2 Å². The quantitative estimate of drug-likeness (QED) is 0.860. The molecule has 1 aromatic carbocycles. The smallest absolute Gasteiger partial charge is 0.128 e. The fourth-order valence-corrected chi connectivity index (χ4v) is 3.43. The Kier molecular flexibility index (Phi) is 4.19. The van der Waals surface area contributed by atoms with E-state index in [-0.39, 0.29) is 5.41 Å². The van der Waals surface area contributed by atoms with Crippen molar-refractivity contribution in [2.45, 2.75) is 57.9 Å². The molecule has 1 fully saturated rings. The van der Waals surface area contributed by atoms with E-state index in [4.69, 9.17) is 0 Å². The number of phenols is 1.